The van der Waals surface area contributed by atoms with Crippen molar-refractivity contribution in [1.29, 1.82) is 0 Å². The summed E-state index contributed by atoms with van der Waals surface area (Å²) in [6.07, 6.45) is 0. The van der Waals surface area contributed by atoms with Crippen LogP contribution < -0.4 is 60.3 Å². The van der Waals surface area contributed by atoms with E-state index < -0.39 is 7.12 Å². The molecule has 0 spiro atoms. The minimum absolute atomic E-state index is 0. The number of nitrogens with zero attached hydrogens (tertiary/aromatic N) is 4. The van der Waals surface area contributed by atoms with Gasteiger partial charge in [-0.05, 0) is 273 Å². The molecule has 18 aromatic rings. The molecule has 602 valence electrons. The molecule has 0 aliphatic carbocycles. The minimum atomic E-state index is -0.467. The largest absolute Gasteiger partial charge is 1.00 e. The van der Waals surface area contributed by atoms with Crippen molar-refractivity contribution in [2.45, 2.75) is 20.8 Å². The first-order valence-corrected chi connectivity index (χ1v) is 43.5. The van der Waals surface area contributed by atoms with Gasteiger partial charge in [-0.2, -0.15) is 20.8 Å². The molecule has 0 bridgehead atoms. The van der Waals surface area contributed by atoms with Crippen molar-refractivity contribution in [3.63, 3.8) is 0 Å². The normalized spacial score (nSPS) is 11.0. The van der Waals surface area contributed by atoms with E-state index in [0.717, 1.165) is 99.1 Å². The van der Waals surface area contributed by atoms with Gasteiger partial charge in [0.15, 0.2) is 0 Å². The predicted octanol–water partition coefficient (Wildman–Crippen LogP) is 26.9. The molecule has 125 heavy (non-hydrogen) atoms. The quantitative estimate of drug-likeness (QED) is 0.0558. The summed E-state index contributed by atoms with van der Waals surface area (Å²) in [7, 11) is 2.90. The summed E-state index contributed by atoms with van der Waals surface area (Å²) in [5.74, 6) is 1.42. The van der Waals surface area contributed by atoms with E-state index in [1.165, 1.54) is 72.6 Å². The second kappa shape index (κ2) is 42.2. The summed E-state index contributed by atoms with van der Waals surface area (Å²) >= 11 is 7.50. The van der Waals surface area contributed by atoms with E-state index in [2.05, 4.69) is 503 Å². The third kappa shape index (κ3) is 20.2. The van der Waals surface area contributed by atoms with E-state index in [0.29, 0.717) is 0 Å². The molecule has 18 aromatic carbocycles. The first-order valence-electron chi connectivity index (χ1n) is 41.9. The molecular weight excluding hydrogens is 1650 g/mol. The maximum Gasteiger partial charge on any atom is 1.00 e. The molecule has 19 rings (SSSR count). The number of hydrogen-bond acceptors (Lipinski definition) is 6. The molecule has 0 N–H and O–H groups in total. The van der Waals surface area contributed by atoms with Crippen molar-refractivity contribution in [3.8, 4) is 66.8 Å². The second-order valence-electron chi connectivity index (χ2n) is 30.6. The molecule has 0 atom stereocenters. The Hall–Kier alpha value is -13.2. The second-order valence-corrected chi connectivity index (χ2v) is 32.3. The van der Waals surface area contributed by atoms with Crippen LogP contribution in [0, 0.1) is 5.92 Å². The molecular formula is C114H93B2Br2LiN4O2. The maximum atomic E-state index is 5.73. The smallest absolute Gasteiger partial charge is 0.410 e. The summed E-state index contributed by atoms with van der Waals surface area (Å²) in [6.45, 7) is 6.22. The number of rotatable bonds is 20. The summed E-state index contributed by atoms with van der Waals surface area (Å²) in [5.41, 5.74) is 32.4. The number of benzene rings is 18. The van der Waals surface area contributed by atoms with Crippen LogP contribution in [0.1, 0.15) is 20.8 Å². The van der Waals surface area contributed by atoms with E-state index in [9.17, 15) is 0 Å². The zero-order valence-corrected chi connectivity index (χ0v) is 74.2. The Morgan fingerprint density at radius 2 is 0.504 bits per heavy atom. The number of fused-ring (bicyclic) bond motifs is 2. The number of halogens is 2. The van der Waals surface area contributed by atoms with Crippen molar-refractivity contribution >= 4 is 136 Å². The van der Waals surface area contributed by atoms with Crippen LogP contribution in [0.4, 0.5) is 68.2 Å². The van der Waals surface area contributed by atoms with Crippen molar-refractivity contribution in [1.82, 2.24) is 0 Å². The van der Waals surface area contributed by atoms with Gasteiger partial charge in [0, 0.05) is 80.0 Å². The third-order valence-electron chi connectivity index (χ3n) is 21.8. The minimum Gasteiger partial charge on any atom is -0.410 e. The monoisotopic (exact) mass is 1740 g/mol. The van der Waals surface area contributed by atoms with Gasteiger partial charge in [0.25, 0.3) is 0 Å². The Morgan fingerprint density at radius 1 is 0.264 bits per heavy atom. The molecule has 1 aliphatic heterocycles. The zero-order valence-electron chi connectivity index (χ0n) is 71.0. The van der Waals surface area contributed by atoms with E-state index in [4.69, 9.17) is 9.31 Å². The molecule has 0 radical (unpaired) electrons. The van der Waals surface area contributed by atoms with Crippen molar-refractivity contribution in [2.75, 3.05) is 33.8 Å². The van der Waals surface area contributed by atoms with Crippen LogP contribution in [-0.4, -0.2) is 28.1 Å². The van der Waals surface area contributed by atoms with Gasteiger partial charge in [-0.1, -0.05) is 321 Å². The van der Waals surface area contributed by atoms with Crippen LogP contribution in [0.25, 0.3) is 66.8 Å². The van der Waals surface area contributed by atoms with Crippen LogP contribution in [0.3, 0.4) is 0 Å². The predicted molar refractivity (Wildman–Crippen MR) is 537 cm³/mol. The molecule has 0 amide bonds. The first kappa shape index (κ1) is 86.7. The van der Waals surface area contributed by atoms with Crippen LogP contribution in [0.5, 0.6) is 0 Å². The average Bonchev–Trinajstić information content (AvgIpc) is 0.718. The Bertz CT molecular complexity index is 6160. The third-order valence-corrected chi connectivity index (χ3v) is 23.2. The molecule has 1 heterocycles. The Morgan fingerprint density at radius 3 is 0.816 bits per heavy atom. The molecule has 0 unspecified atom stereocenters. The van der Waals surface area contributed by atoms with Gasteiger partial charge in [0.05, 0.1) is 11.4 Å². The molecule has 1 aliphatic rings. The van der Waals surface area contributed by atoms with Gasteiger partial charge in [0.1, 0.15) is 0 Å². The van der Waals surface area contributed by atoms with E-state index in [-0.39, 0.29) is 25.6 Å². The zero-order chi connectivity index (χ0) is 84.9. The van der Waals surface area contributed by atoms with E-state index in [1.54, 1.807) is 14.2 Å². The molecule has 0 aromatic heterocycles. The van der Waals surface area contributed by atoms with Gasteiger partial charge < -0.3 is 34.8 Å². The van der Waals surface area contributed by atoms with Crippen LogP contribution >= 0.6 is 31.9 Å². The molecule has 0 saturated heterocycles. The van der Waals surface area contributed by atoms with Crippen molar-refractivity contribution in [2.24, 2.45) is 0 Å². The maximum absolute atomic E-state index is 5.73. The fourth-order valence-corrected chi connectivity index (χ4v) is 17.3. The molecule has 6 nitrogen and oxygen atoms in total. The standard InChI is InChI=1S/C54H39BN2.C30H22Br2N2.C26H23BO2.C4H9.Li/c1-6-20-40(21-7-1)43-38-48(41-22-8-2-9-23-41)54(49(39-43)42-24-10-3-11-25-42)55-50-30-16-18-32-52(50)57(53-33-19-17-31-51(53)55)47-36-34-46(35-37-47)56(44-26-12-4-13-27-44)45-28-14-5-15-29-45;31-27-15-7-9-17-29(27)34(30-18-10-8-16-28(30)32)26-21-19-25(20-22-26)33(23-11-3-1-4-12-23)24-13-5-2-6-14-24;1-28-27(29-2)26-24(21-14-8-4-9-15-21)18-23(20-12-6-3-7-13-20)19-25(26)22-16-10-5-11-17-22;1-4(2)3;/h1-39H;1-22H;3-19H,1-2H3;1-3H3;/q;;;-1;+1. The van der Waals surface area contributed by atoms with Gasteiger partial charge in [0.2, 0.25) is 6.71 Å². The number of para-hydroxylation sites is 8. The summed E-state index contributed by atoms with van der Waals surface area (Å²) in [4.78, 5) is 9.29. The Balaban J connectivity index is 0.000000152. The molecule has 0 fully saturated rings. The summed E-state index contributed by atoms with van der Waals surface area (Å²) in [5, 5.41) is 0. The van der Waals surface area contributed by atoms with Crippen LogP contribution in [0.2, 0.25) is 0 Å². The fourth-order valence-electron chi connectivity index (χ4n) is 16.4. The van der Waals surface area contributed by atoms with Crippen molar-refractivity contribution < 1.29 is 28.2 Å². The summed E-state index contributed by atoms with van der Waals surface area (Å²) in [6, 6.07) is 168. The first-order chi connectivity index (χ1) is 61.1. The number of hydrogen-bond donors (Lipinski definition) is 0. The fraction of sp³-hybridized carbons (Fsp3) is 0.0439. The Kier molecular flexibility index (Phi) is 29.3. The average molecular weight is 1740 g/mol. The van der Waals surface area contributed by atoms with Crippen LogP contribution in [-0.2, 0) is 9.31 Å². The van der Waals surface area contributed by atoms with Gasteiger partial charge in [-0.3, -0.25) is 0 Å². The topological polar surface area (TPSA) is 31.4 Å². The molecule has 11 heteroatoms. The summed E-state index contributed by atoms with van der Waals surface area (Å²) < 4.78 is 13.5. The van der Waals surface area contributed by atoms with Gasteiger partial charge >= 0.3 is 26.0 Å². The number of anilines is 12. The van der Waals surface area contributed by atoms with E-state index in [1.807, 2.05) is 42.5 Å². The SMILES string of the molecule is Brc1ccccc1N(c1ccc(N(c2ccccc2)c2ccccc2)cc1)c1ccccc1Br.COB(OC)c1c(-c2ccccc2)cc(-c2ccccc2)cc1-c1ccccc1.C[C-](C)C.[Li+].c1ccc(-c2cc(-c3ccccc3)c(B3c4ccccc4N(c4ccc(N(c5ccccc5)c5ccccc5)cc4)c4ccccc43)c(-c3ccccc3)c2)cc1. The van der Waals surface area contributed by atoms with Crippen molar-refractivity contribution in [3.05, 3.63) is 488 Å². The van der Waals surface area contributed by atoms with Crippen LogP contribution in [0.15, 0.2) is 482 Å². The Labute approximate surface area is 767 Å². The van der Waals surface area contributed by atoms with Gasteiger partial charge in [-0.25, -0.2) is 0 Å². The van der Waals surface area contributed by atoms with E-state index >= 15 is 0 Å². The van der Waals surface area contributed by atoms with Gasteiger partial charge in [-0.15, -0.1) is 0 Å². The molecule has 0 saturated carbocycles.